The molecule has 21 heavy (non-hydrogen) atoms. The Bertz CT molecular complexity index is 849. The summed E-state index contributed by atoms with van der Waals surface area (Å²) in [5, 5.41) is 0. The number of nitrogens with zero attached hydrogens (tertiary/aromatic N) is 1. The van der Waals surface area contributed by atoms with Crippen molar-refractivity contribution in [3.63, 3.8) is 0 Å². The molecule has 0 radical (unpaired) electrons. The molecule has 2 aromatic rings. The number of benzene rings is 2. The summed E-state index contributed by atoms with van der Waals surface area (Å²) >= 11 is 0. The molecular weight excluding hydrogens is 295 g/mol. The van der Waals surface area contributed by atoms with E-state index in [0.29, 0.717) is 4.31 Å². The van der Waals surface area contributed by atoms with Gasteiger partial charge >= 0.3 is 0 Å². The maximum absolute atomic E-state index is 13.8. The Morgan fingerprint density at radius 3 is 2.52 bits per heavy atom. The number of nitrogens with two attached hydrogens (primary N) is 1. The number of hydrogen-bond donors (Lipinski definition) is 1. The van der Waals surface area contributed by atoms with Gasteiger partial charge in [0.1, 0.15) is 10.7 Å². The van der Waals surface area contributed by atoms with E-state index in [1.165, 1.54) is 30.3 Å². The molecule has 0 fully saturated rings. The quantitative estimate of drug-likeness (QED) is 0.857. The van der Waals surface area contributed by atoms with Gasteiger partial charge in [-0.2, -0.15) is 0 Å². The highest BCUT2D eigenvalue weighted by molar-refractivity contribution is 7.90. The fourth-order valence-corrected chi connectivity index (χ4v) is 3.78. The van der Waals surface area contributed by atoms with Crippen LogP contribution >= 0.6 is 0 Å². The average molecular weight is 306 g/mol. The number of halogens is 1. The van der Waals surface area contributed by atoms with Crippen LogP contribution in [0.25, 0.3) is 0 Å². The third-order valence-electron chi connectivity index (χ3n) is 3.30. The molecule has 0 bridgehead atoms. The molecular formula is C14H11FN2O3S. The molecule has 1 aliphatic rings. The van der Waals surface area contributed by atoms with Gasteiger partial charge in [-0.1, -0.05) is 18.2 Å². The third-order valence-corrected chi connectivity index (χ3v) is 5.09. The summed E-state index contributed by atoms with van der Waals surface area (Å²) in [6.45, 7) is -0.359. The number of carbonyl (C=O) groups is 1. The predicted molar refractivity (Wildman–Crippen MR) is 74.3 cm³/mol. The zero-order chi connectivity index (χ0) is 15.2. The molecule has 3 rings (SSSR count). The van der Waals surface area contributed by atoms with Crippen LogP contribution in [0.4, 0.5) is 10.1 Å². The van der Waals surface area contributed by atoms with Gasteiger partial charge in [0.15, 0.2) is 0 Å². The smallest absolute Gasteiger partial charge is 0.269 e. The molecule has 0 saturated carbocycles. The van der Waals surface area contributed by atoms with Crippen molar-refractivity contribution >= 4 is 21.6 Å². The molecule has 0 aliphatic carbocycles. The Morgan fingerprint density at radius 1 is 1.14 bits per heavy atom. The van der Waals surface area contributed by atoms with Crippen molar-refractivity contribution in [3.8, 4) is 0 Å². The first-order valence-corrected chi connectivity index (χ1v) is 7.55. The van der Waals surface area contributed by atoms with Crippen molar-refractivity contribution in [2.75, 3.05) is 5.73 Å². The number of rotatable bonds is 2. The first-order chi connectivity index (χ1) is 9.91. The molecule has 0 atom stereocenters. The molecule has 7 heteroatoms. The summed E-state index contributed by atoms with van der Waals surface area (Å²) in [7, 11) is -3.93. The second-order valence-electron chi connectivity index (χ2n) is 4.66. The lowest BCUT2D eigenvalue weighted by atomic mass is 10.1. The lowest BCUT2D eigenvalue weighted by Crippen LogP contribution is -2.29. The van der Waals surface area contributed by atoms with Crippen molar-refractivity contribution < 1.29 is 17.6 Å². The van der Waals surface area contributed by atoms with Crippen LogP contribution < -0.4 is 5.73 Å². The maximum Gasteiger partial charge on any atom is 0.269 e. The Morgan fingerprint density at radius 2 is 1.86 bits per heavy atom. The summed E-state index contributed by atoms with van der Waals surface area (Å²) in [4.78, 5) is 12.1. The molecule has 1 heterocycles. The van der Waals surface area contributed by atoms with E-state index in [-0.39, 0.29) is 28.3 Å². The molecule has 1 aliphatic heterocycles. The van der Waals surface area contributed by atoms with Crippen LogP contribution in [0.5, 0.6) is 0 Å². The lowest BCUT2D eigenvalue weighted by molar-refractivity contribution is 0.0864. The van der Waals surface area contributed by atoms with E-state index in [9.17, 15) is 17.6 Å². The van der Waals surface area contributed by atoms with Crippen LogP contribution in [0.15, 0.2) is 47.4 Å². The zero-order valence-electron chi connectivity index (χ0n) is 10.8. The zero-order valence-corrected chi connectivity index (χ0v) is 11.6. The minimum absolute atomic E-state index is 0.0501. The summed E-state index contributed by atoms with van der Waals surface area (Å²) in [6.07, 6.45) is 0. The lowest BCUT2D eigenvalue weighted by Gasteiger charge is -2.15. The number of hydrogen-bond acceptors (Lipinski definition) is 4. The van der Waals surface area contributed by atoms with Gasteiger partial charge in [0, 0.05) is 11.3 Å². The molecule has 0 unspecified atom stereocenters. The van der Waals surface area contributed by atoms with Crippen molar-refractivity contribution in [2.45, 2.75) is 11.4 Å². The number of sulfonamides is 1. The van der Waals surface area contributed by atoms with Gasteiger partial charge in [-0.3, -0.25) is 4.79 Å². The molecule has 108 valence electrons. The first-order valence-electron chi connectivity index (χ1n) is 6.11. The van der Waals surface area contributed by atoms with Gasteiger partial charge in [-0.05, 0) is 24.3 Å². The van der Waals surface area contributed by atoms with Crippen LogP contribution in [0.3, 0.4) is 0 Å². The standard InChI is InChI=1S/C14H11FN2O3S/c15-12-7-10(16)6-5-9(12)8-17-14(18)11-3-1-2-4-13(11)21(17,19)20/h1-7H,8,16H2. The van der Waals surface area contributed by atoms with E-state index < -0.39 is 21.7 Å². The predicted octanol–water partition coefficient (Wildman–Crippen LogP) is 1.75. The molecule has 0 spiro atoms. The van der Waals surface area contributed by atoms with Crippen molar-refractivity contribution in [1.82, 2.24) is 4.31 Å². The van der Waals surface area contributed by atoms with Crippen LogP contribution in [-0.2, 0) is 16.6 Å². The van der Waals surface area contributed by atoms with Crippen molar-refractivity contribution in [3.05, 3.63) is 59.4 Å². The Kier molecular flexibility index (Phi) is 2.94. The summed E-state index contributed by atoms with van der Waals surface area (Å²) in [6, 6.07) is 9.85. The van der Waals surface area contributed by atoms with Gasteiger partial charge in [0.25, 0.3) is 15.9 Å². The Hall–Kier alpha value is -2.41. The monoisotopic (exact) mass is 306 g/mol. The highest BCUT2D eigenvalue weighted by Gasteiger charge is 2.40. The van der Waals surface area contributed by atoms with E-state index in [0.717, 1.165) is 6.07 Å². The Balaban J connectivity index is 2.03. The number of nitrogen functional groups attached to an aromatic ring is 1. The van der Waals surface area contributed by atoms with Gasteiger partial charge in [-0.15, -0.1) is 0 Å². The van der Waals surface area contributed by atoms with E-state index in [4.69, 9.17) is 5.73 Å². The minimum atomic E-state index is -3.93. The SMILES string of the molecule is Nc1ccc(CN2C(=O)c3ccccc3S2(=O)=O)c(F)c1. The van der Waals surface area contributed by atoms with Crippen molar-refractivity contribution in [2.24, 2.45) is 0 Å². The van der Waals surface area contributed by atoms with E-state index >= 15 is 0 Å². The molecule has 0 saturated heterocycles. The topological polar surface area (TPSA) is 80.5 Å². The largest absolute Gasteiger partial charge is 0.399 e. The number of carbonyl (C=O) groups excluding carboxylic acids is 1. The van der Waals surface area contributed by atoms with Crippen molar-refractivity contribution in [1.29, 1.82) is 0 Å². The molecule has 0 aromatic heterocycles. The van der Waals surface area contributed by atoms with Crippen LogP contribution in [-0.4, -0.2) is 18.6 Å². The second kappa shape index (κ2) is 4.56. The average Bonchev–Trinajstić information content (AvgIpc) is 2.63. The highest BCUT2D eigenvalue weighted by Crippen LogP contribution is 2.31. The van der Waals surface area contributed by atoms with E-state index in [2.05, 4.69) is 0 Å². The third kappa shape index (κ3) is 2.06. The molecule has 5 nitrogen and oxygen atoms in total. The summed E-state index contributed by atoms with van der Waals surface area (Å²) < 4.78 is 39.1. The normalized spacial score (nSPS) is 16.0. The number of amides is 1. The summed E-state index contributed by atoms with van der Waals surface area (Å²) in [5.74, 6) is -1.30. The number of fused-ring (bicyclic) bond motifs is 1. The van der Waals surface area contributed by atoms with Crippen LogP contribution in [0.1, 0.15) is 15.9 Å². The highest BCUT2D eigenvalue weighted by atomic mass is 32.2. The maximum atomic E-state index is 13.8. The molecule has 1 amide bonds. The molecule has 2 aromatic carbocycles. The van der Waals surface area contributed by atoms with Gasteiger partial charge in [0.2, 0.25) is 0 Å². The van der Waals surface area contributed by atoms with E-state index in [1.54, 1.807) is 6.07 Å². The van der Waals surface area contributed by atoms with Crippen LogP contribution in [0, 0.1) is 5.82 Å². The van der Waals surface area contributed by atoms with E-state index in [1.807, 2.05) is 0 Å². The fraction of sp³-hybridized carbons (Fsp3) is 0.0714. The fourth-order valence-electron chi connectivity index (χ4n) is 2.23. The Labute approximate surface area is 120 Å². The molecule has 2 N–H and O–H groups in total. The first kappa shape index (κ1) is 13.6. The van der Waals surface area contributed by atoms with Crippen LogP contribution in [0.2, 0.25) is 0 Å². The van der Waals surface area contributed by atoms with Gasteiger partial charge < -0.3 is 5.73 Å². The van der Waals surface area contributed by atoms with Gasteiger partial charge in [0.05, 0.1) is 12.1 Å². The van der Waals surface area contributed by atoms with Gasteiger partial charge in [-0.25, -0.2) is 17.1 Å². The minimum Gasteiger partial charge on any atom is -0.399 e. The second-order valence-corrected chi connectivity index (χ2v) is 6.49. The number of anilines is 1. The summed E-state index contributed by atoms with van der Waals surface area (Å²) in [5.41, 5.74) is 5.87.